The molecule has 1 atom stereocenters. The Morgan fingerprint density at radius 2 is 2.19 bits per heavy atom. The third-order valence-electron chi connectivity index (χ3n) is 2.54. The lowest BCUT2D eigenvalue weighted by Gasteiger charge is -2.11. The van der Waals surface area contributed by atoms with Crippen molar-refractivity contribution >= 4 is 27.3 Å². The van der Waals surface area contributed by atoms with E-state index in [4.69, 9.17) is 16.3 Å². The van der Waals surface area contributed by atoms with Crippen molar-refractivity contribution in [3.05, 3.63) is 33.3 Å². The Kier molecular flexibility index (Phi) is 6.49. The molecule has 0 aliphatic heterocycles. The molecule has 10 heteroatoms. The minimum Gasteiger partial charge on any atom is -0.391 e. The number of rotatable bonds is 8. The van der Waals surface area contributed by atoms with Gasteiger partial charge in [-0.1, -0.05) is 11.6 Å². The first-order chi connectivity index (χ1) is 9.77. The maximum absolute atomic E-state index is 12.0. The van der Waals surface area contributed by atoms with Crippen molar-refractivity contribution in [2.75, 3.05) is 20.3 Å². The first kappa shape index (κ1) is 17.8. The third kappa shape index (κ3) is 5.21. The number of nitro groups is 1. The van der Waals surface area contributed by atoms with Gasteiger partial charge in [0.15, 0.2) is 4.90 Å². The molecule has 0 saturated carbocycles. The molecule has 1 rings (SSSR count). The lowest BCUT2D eigenvalue weighted by Crippen LogP contribution is -2.29. The van der Waals surface area contributed by atoms with E-state index < -0.39 is 31.6 Å². The Morgan fingerprint density at radius 1 is 1.52 bits per heavy atom. The summed E-state index contributed by atoms with van der Waals surface area (Å²) in [6, 6.07) is 3.28. The van der Waals surface area contributed by atoms with Gasteiger partial charge in [-0.25, -0.2) is 13.1 Å². The highest BCUT2D eigenvalue weighted by molar-refractivity contribution is 7.89. The fraction of sp³-hybridized carbons (Fsp3) is 0.455. The molecule has 0 radical (unpaired) electrons. The standard InChI is InChI=1S/C11H15ClN2O6S/c1-20-7-9(15)4-5-13-21(18,19)11-3-2-8(12)6-10(11)14(16)17/h2-3,6,9,13,15H,4-5,7H2,1H3. The second-order valence-corrected chi connectivity index (χ2v) is 6.34. The van der Waals surface area contributed by atoms with Gasteiger partial charge in [0.25, 0.3) is 5.69 Å². The summed E-state index contributed by atoms with van der Waals surface area (Å²) in [5, 5.41) is 20.4. The molecule has 0 fully saturated rings. The summed E-state index contributed by atoms with van der Waals surface area (Å²) in [4.78, 5) is 9.59. The predicted octanol–water partition coefficient (Wildman–Crippen LogP) is 0.924. The average Bonchev–Trinajstić information content (AvgIpc) is 2.38. The largest absolute Gasteiger partial charge is 0.391 e. The van der Waals surface area contributed by atoms with Crippen LogP contribution in [0.4, 0.5) is 5.69 Å². The molecule has 1 aromatic rings. The number of aliphatic hydroxyl groups excluding tert-OH is 1. The fourth-order valence-corrected chi connectivity index (χ4v) is 2.94. The van der Waals surface area contributed by atoms with E-state index in [1.807, 2.05) is 0 Å². The van der Waals surface area contributed by atoms with Crippen LogP contribution in [0.5, 0.6) is 0 Å². The Balaban J connectivity index is 2.86. The quantitative estimate of drug-likeness (QED) is 0.537. The normalized spacial score (nSPS) is 13.1. The maximum atomic E-state index is 12.0. The molecule has 1 unspecified atom stereocenters. The van der Waals surface area contributed by atoms with Crippen LogP contribution in [0.3, 0.4) is 0 Å². The summed E-state index contributed by atoms with van der Waals surface area (Å²) in [6.45, 7) is -0.00450. The third-order valence-corrected chi connectivity index (χ3v) is 4.28. The first-order valence-corrected chi connectivity index (χ1v) is 7.74. The van der Waals surface area contributed by atoms with Crippen LogP contribution in [0, 0.1) is 10.1 Å². The van der Waals surface area contributed by atoms with Gasteiger partial charge >= 0.3 is 0 Å². The molecule has 0 saturated heterocycles. The summed E-state index contributed by atoms with van der Waals surface area (Å²) >= 11 is 5.63. The van der Waals surface area contributed by atoms with E-state index >= 15 is 0 Å². The fourth-order valence-electron chi connectivity index (χ4n) is 1.57. The second kappa shape index (κ2) is 7.66. The van der Waals surface area contributed by atoms with Gasteiger partial charge in [-0.2, -0.15) is 0 Å². The van der Waals surface area contributed by atoms with Gasteiger partial charge in [-0.05, 0) is 18.6 Å². The summed E-state index contributed by atoms with van der Waals surface area (Å²) in [5.74, 6) is 0. The summed E-state index contributed by atoms with van der Waals surface area (Å²) < 4.78 is 31.0. The number of hydrogen-bond acceptors (Lipinski definition) is 6. The lowest BCUT2D eigenvalue weighted by molar-refractivity contribution is -0.387. The summed E-state index contributed by atoms with van der Waals surface area (Å²) in [5.41, 5.74) is -0.604. The van der Waals surface area contributed by atoms with Crippen LogP contribution < -0.4 is 4.72 Å². The number of nitrogens with one attached hydrogen (secondary N) is 1. The average molecular weight is 339 g/mol. The first-order valence-electron chi connectivity index (χ1n) is 5.88. The van der Waals surface area contributed by atoms with Crippen LogP contribution in [0.1, 0.15) is 6.42 Å². The van der Waals surface area contributed by atoms with Crippen molar-refractivity contribution in [1.29, 1.82) is 0 Å². The minimum absolute atomic E-state index is 0.0659. The smallest absolute Gasteiger partial charge is 0.290 e. The maximum Gasteiger partial charge on any atom is 0.290 e. The summed E-state index contributed by atoms with van der Waals surface area (Å²) in [6.07, 6.45) is -0.702. The van der Waals surface area contributed by atoms with Gasteiger partial charge in [0, 0.05) is 24.7 Å². The van der Waals surface area contributed by atoms with Gasteiger partial charge in [-0.15, -0.1) is 0 Å². The van der Waals surface area contributed by atoms with E-state index in [1.54, 1.807) is 0 Å². The Bertz CT molecular complexity index is 607. The number of aliphatic hydroxyl groups is 1. The molecule has 21 heavy (non-hydrogen) atoms. The number of hydrogen-bond donors (Lipinski definition) is 2. The molecule has 1 aromatic carbocycles. The Labute approximate surface area is 126 Å². The van der Waals surface area contributed by atoms with Crippen LogP contribution in [0.2, 0.25) is 5.02 Å². The number of ether oxygens (including phenoxy) is 1. The highest BCUT2D eigenvalue weighted by Gasteiger charge is 2.25. The van der Waals surface area contributed by atoms with Gasteiger partial charge < -0.3 is 9.84 Å². The molecular weight excluding hydrogens is 324 g/mol. The van der Waals surface area contributed by atoms with E-state index in [2.05, 4.69) is 4.72 Å². The molecule has 0 aromatic heterocycles. The Morgan fingerprint density at radius 3 is 2.76 bits per heavy atom. The minimum atomic E-state index is -4.07. The number of methoxy groups -OCH3 is 1. The van der Waals surface area contributed by atoms with Crippen LogP contribution >= 0.6 is 11.6 Å². The zero-order chi connectivity index (χ0) is 16.0. The van der Waals surface area contributed by atoms with Gasteiger partial charge in [0.05, 0.1) is 17.6 Å². The molecule has 0 aliphatic rings. The zero-order valence-corrected chi connectivity index (χ0v) is 12.7. The van der Waals surface area contributed by atoms with Crippen molar-refractivity contribution in [2.45, 2.75) is 17.4 Å². The van der Waals surface area contributed by atoms with Crippen molar-refractivity contribution in [3.63, 3.8) is 0 Å². The summed E-state index contributed by atoms with van der Waals surface area (Å²) in [7, 11) is -2.66. The van der Waals surface area contributed by atoms with Crippen molar-refractivity contribution in [1.82, 2.24) is 4.72 Å². The number of nitro benzene ring substituents is 1. The van der Waals surface area contributed by atoms with Crippen molar-refractivity contribution in [2.24, 2.45) is 0 Å². The monoisotopic (exact) mass is 338 g/mol. The molecule has 0 heterocycles. The van der Waals surface area contributed by atoms with E-state index in [0.717, 1.165) is 12.1 Å². The van der Waals surface area contributed by atoms with Gasteiger partial charge in [-0.3, -0.25) is 10.1 Å². The number of sulfonamides is 1. The molecule has 0 bridgehead atoms. The van der Waals surface area contributed by atoms with E-state index in [9.17, 15) is 23.6 Å². The number of halogens is 1. The molecular formula is C11H15ClN2O6S. The van der Waals surface area contributed by atoms with Crippen molar-refractivity contribution < 1.29 is 23.2 Å². The molecule has 118 valence electrons. The second-order valence-electron chi connectivity index (χ2n) is 4.16. The van der Waals surface area contributed by atoms with Crippen LogP contribution in [-0.4, -0.2) is 44.8 Å². The van der Waals surface area contributed by atoms with Gasteiger partial charge in [0.2, 0.25) is 10.0 Å². The molecule has 0 aliphatic carbocycles. The highest BCUT2D eigenvalue weighted by atomic mass is 35.5. The lowest BCUT2D eigenvalue weighted by atomic mass is 10.3. The van der Waals surface area contributed by atoms with Gasteiger partial charge in [0.1, 0.15) is 0 Å². The molecule has 8 nitrogen and oxygen atoms in total. The zero-order valence-electron chi connectivity index (χ0n) is 11.2. The number of nitrogens with zero attached hydrogens (tertiary/aromatic N) is 1. The molecule has 2 N–H and O–H groups in total. The Hall–Kier alpha value is -1.26. The van der Waals surface area contributed by atoms with Crippen LogP contribution in [0.25, 0.3) is 0 Å². The highest BCUT2D eigenvalue weighted by Crippen LogP contribution is 2.26. The van der Waals surface area contributed by atoms with E-state index in [1.165, 1.54) is 13.2 Å². The van der Waals surface area contributed by atoms with Crippen LogP contribution in [0.15, 0.2) is 23.1 Å². The van der Waals surface area contributed by atoms with E-state index in [-0.39, 0.29) is 24.6 Å². The van der Waals surface area contributed by atoms with Crippen LogP contribution in [-0.2, 0) is 14.8 Å². The molecule has 0 spiro atoms. The number of benzene rings is 1. The molecule has 0 amide bonds. The van der Waals surface area contributed by atoms with E-state index in [0.29, 0.717) is 0 Å². The SMILES string of the molecule is COCC(O)CCNS(=O)(=O)c1ccc(Cl)cc1[N+](=O)[O-]. The van der Waals surface area contributed by atoms with Crippen molar-refractivity contribution in [3.8, 4) is 0 Å². The topological polar surface area (TPSA) is 119 Å². The predicted molar refractivity (Wildman–Crippen MR) is 75.8 cm³/mol.